The minimum absolute atomic E-state index is 0.184. The van der Waals surface area contributed by atoms with Crippen molar-refractivity contribution in [3.05, 3.63) is 136 Å². The number of hydrogen-bond acceptors (Lipinski definition) is 5. The SMILES string of the molecule is COc1ccc(C(=O)[C@H]2[C@H](c3cccc(Cl)c3)C3(C(=O)c4ccccc4C3=O)C3C=Cc4ccccc4N32)cc1. The van der Waals surface area contributed by atoms with Gasteiger partial charge in [-0.2, -0.15) is 0 Å². The first-order valence-electron chi connectivity index (χ1n) is 13.1. The van der Waals surface area contributed by atoms with Gasteiger partial charge in [0, 0.05) is 33.3 Å². The van der Waals surface area contributed by atoms with Crippen LogP contribution < -0.4 is 9.64 Å². The summed E-state index contributed by atoms with van der Waals surface area (Å²) >= 11 is 6.50. The summed E-state index contributed by atoms with van der Waals surface area (Å²) in [6, 6.07) is 27.4. The maximum atomic E-state index is 14.6. The van der Waals surface area contributed by atoms with Crippen LogP contribution in [-0.4, -0.2) is 36.5 Å². The van der Waals surface area contributed by atoms with Crippen molar-refractivity contribution in [3.8, 4) is 5.75 Å². The molecule has 0 N–H and O–H groups in total. The van der Waals surface area contributed by atoms with E-state index in [0.717, 1.165) is 11.3 Å². The molecule has 1 saturated heterocycles. The van der Waals surface area contributed by atoms with Crippen LogP contribution in [0.5, 0.6) is 5.75 Å². The van der Waals surface area contributed by atoms with E-state index in [2.05, 4.69) is 0 Å². The molecule has 1 fully saturated rings. The molecule has 0 radical (unpaired) electrons. The molecule has 1 unspecified atom stereocenters. The van der Waals surface area contributed by atoms with Crippen LogP contribution in [0.1, 0.15) is 48.1 Å². The third-order valence-corrected chi connectivity index (χ3v) is 8.80. The predicted octanol–water partition coefficient (Wildman–Crippen LogP) is 6.66. The Hall–Kier alpha value is -4.48. The van der Waals surface area contributed by atoms with Crippen LogP contribution >= 0.6 is 11.6 Å². The van der Waals surface area contributed by atoms with Gasteiger partial charge in [0.15, 0.2) is 17.3 Å². The van der Waals surface area contributed by atoms with Crippen molar-refractivity contribution in [1.29, 1.82) is 0 Å². The minimum Gasteiger partial charge on any atom is -0.497 e. The zero-order valence-electron chi connectivity index (χ0n) is 21.6. The first-order valence-corrected chi connectivity index (χ1v) is 13.5. The van der Waals surface area contributed by atoms with Crippen LogP contribution in [0.25, 0.3) is 6.08 Å². The van der Waals surface area contributed by atoms with E-state index in [1.54, 1.807) is 73.8 Å². The summed E-state index contributed by atoms with van der Waals surface area (Å²) in [6.45, 7) is 0. The van der Waals surface area contributed by atoms with Crippen molar-refractivity contribution in [3.63, 3.8) is 0 Å². The maximum absolute atomic E-state index is 14.6. The Morgan fingerprint density at radius 3 is 2.20 bits per heavy atom. The zero-order chi connectivity index (χ0) is 27.6. The Labute approximate surface area is 236 Å². The Kier molecular flexibility index (Phi) is 5.55. The van der Waals surface area contributed by atoms with Crippen LogP contribution in [0, 0.1) is 5.41 Å². The van der Waals surface area contributed by atoms with Crippen molar-refractivity contribution >= 4 is 40.7 Å². The van der Waals surface area contributed by atoms with Crippen molar-refractivity contribution in [2.75, 3.05) is 12.0 Å². The average molecular weight is 546 g/mol. The normalized spacial score (nSPS) is 21.8. The van der Waals surface area contributed by atoms with Crippen LogP contribution in [0.15, 0.2) is 103 Å². The molecule has 7 rings (SSSR count). The van der Waals surface area contributed by atoms with Gasteiger partial charge in [0.1, 0.15) is 17.2 Å². The third-order valence-electron chi connectivity index (χ3n) is 8.56. The quantitative estimate of drug-likeness (QED) is 0.212. The second kappa shape index (κ2) is 9.04. The Morgan fingerprint density at radius 1 is 0.850 bits per heavy atom. The number of benzene rings is 4. The number of carbonyl (C=O) groups excluding carboxylic acids is 3. The minimum atomic E-state index is -1.55. The van der Waals surface area contributed by atoms with Crippen LogP contribution in [-0.2, 0) is 0 Å². The van der Waals surface area contributed by atoms with Crippen molar-refractivity contribution in [2.45, 2.75) is 18.0 Å². The van der Waals surface area contributed by atoms with E-state index in [0.29, 0.717) is 33.0 Å². The molecule has 4 aromatic carbocycles. The van der Waals surface area contributed by atoms with Crippen molar-refractivity contribution in [1.82, 2.24) is 0 Å². The summed E-state index contributed by atoms with van der Waals surface area (Å²) in [6.07, 6.45) is 3.87. The number of nitrogens with zero attached hydrogens (tertiary/aromatic N) is 1. The van der Waals surface area contributed by atoms with Gasteiger partial charge in [0.05, 0.1) is 13.2 Å². The lowest BCUT2D eigenvalue weighted by Crippen LogP contribution is -2.48. The fraction of sp³-hybridized carbons (Fsp3) is 0.147. The Bertz CT molecular complexity index is 1710. The van der Waals surface area contributed by atoms with E-state index >= 15 is 0 Å². The number of halogens is 1. The van der Waals surface area contributed by atoms with Gasteiger partial charge in [0.2, 0.25) is 0 Å². The summed E-state index contributed by atoms with van der Waals surface area (Å²) in [7, 11) is 1.57. The van der Waals surface area contributed by atoms with Gasteiger partial charge in [-0.3, -0.25) is 14.4 Å². The summed E-state index contributed by atoms with van der Waals surface area (Å²) in [5, 5.41) is 0.472. The first kappa shape index (κ1) is 24.6. The molecule has 1 aliphatic carbocycles. The van der Waals surface area contributed by atoms with Gasteiger partial charge >= 0.3 is 0 Å². The number of para-hydroxylation sites is 1. The molecule has 2 heterocycles. The number of fused-ring (bicyclic) bond motifs is 5. The number of carbonyl (C=O) groups is 3. The molecule has 40 heavy (non-hydrogen) atoms. The molecule has 0 saturated carbocycles. The predicted molar refractivity (Wildman–Crippen MR) is 155 cm³/mol. The molecular weight excluding hydrogens is 522 g/mol. The number of rotatable bonds is 4. The standard InChI is InChI=1S/C34H24ClNO4/c1-40-24-16-13-21(14-17-24)31(37)30-29(22-8-6-9-23(35)19-22)34(32(38)25-10-3-4-11-26(25)33(34)39)28-18-15-20-7-2-5-12-27(20)36(28)30/h2-19,28-30H,1H3/t28?,29-,30+/m0/s1. The van der Waals surface area contributed by atoms with Gasteiger partial charge in [-0.15, -0.1) is 0 Å². The number of methoxy groups -OCH3 is 1. The summed E-state index contributed by atoms with van der Waals surface area (Å²) in [5.41, 5.74) is 2.11. The number of ether oxygens (including phenoxy) is 1. The molecule has 196 valence electrons. The highest BCUT2D eigenvalue weighted by molar-refractivity contribution is 6.33. The molecule has 6 heteroatoms. The van der Waals surface area contributed by atoms with E-state index in [9.17, 15) is 14.4 Å². The number of anilines is 1. The molecule has 4 aromatic rings. The first-order chi connectivity index (χ1) is 19.5. The van der Waals surface area contributed by atoms with Gasteiger partial charge in [-0.1, -0.05) is 78.4 Å². The lowest BCUT2D eigenvalue weighted by Gasteiger charge is -2.37. The van der Waals surface area contributed by atoms with Gasteiger partial charge in [-0.05, 0) is 53.6 Å². The summed E-state index contributed by atoms with van der Waals surface area (Å²) in [4.78, 5) is 45.9. The molecule has 1 spiro atoms. The van der Waals surface area contributed by atoms with Gasteiger partial charge in [0.25, 0.3) is 0 Å². The highest BCUT2D eigenvalue weighted by Gasteiger charge is 2.71. The second-order valence-corrected chi connectivity index (χ2v) is 10.8. The molecule has 0 aromatic heterocycles. The maximum Gasteiger partial charge on any atom is 0.185 e. The van der Waals surface area contributed by atoms with Crippen molar-refractivity contribution < 1.29 is 19.1 Å². The van der Waals surface area contributed by atoms with E-state index in [-0.39, 0.29) is 17.3 Å². The Balaban J connectivity index is 1.53. The fourth-order valence-corrected chi connectivity index (χ4v) is 7.12. The number of Topliss-reactive ketones (excluding diaryl/α,β-unsaturated/α-hetero) is 3. The molecule has 0 bridgehead atoms. The second-order valence-electron chi connectivity index (χ2n) is 10.4. The highest BCUT2D eigenvalue weighted by atomic mass is 35.5. The van der Waals surface area contributed by atoms with Crippen molar-refractivity contribution in [2.24, 2.45) is 5.41 Å². The average Bonchev–Trinajstić information content (AvgIpc) is 3.43. The van der Waals surface area contributed by atoms with E-state index < -0.39 is 23.4 Å². The molecular formula is C34H24ClNO4. The van der Waals surface area contributed by atoms with Crippen LogP contribution in [0.3, 0.4) is 0 Å². The van der Waals surface area contributed by atoms with E-state index in [1.807, 2.05) is 47.4 Å². The monoisotopic (exact) mass is 545 g/mol. The zero-order valence-corrected chi connectivity index (χ0v) is 22.3. The highest BCUT2D eigenvalue weighted by Crippen LogP contribution is 2.61. The van der Waals surface area contributed by atoms with E-state index in [1.165, 1.54) is 0 Å². The molecule has 3 aliphatic rings. The Morgan fingerprint density at radius 2 is 1.52 bits per heavy atom. The lowest BCUT2D eigenvalue weighted by molar-refractivity contribution is 0.0666. The number of ketones is 3. The largest absolute Gasteiger partial charge is 0.497 e. The number of hydrogen-bond donors (Lipinski definition) is 0. The van der Waals surface area contributed by atoms with Gasteiger partial charge < -0.3 is 9.64 Å². The molecule has 5 nitrogen and oxygen atoms in total. The fourth-order valence-electron chi connectivity index (χ4n) is 6.92. The van der Waals surface area contributed by atoms with Crippen LogP contribution in [0.4, 0.5) is 5.69 Å². The third kappa shape index (κ3) is 3.24. The summed E-state index contributed by atoms with van der Waals surface area (Å²) in [5.74, 6) is -0.874. The topological polar surface area (TPSA) is 63.7 Å². The molecule has 3 atom stereocenters. The molecule has 0 amide bonds. The molecule has 2 aliphatic heterocycles. The lowest BCUT2D eigenvalue weighted by atomic mass is 9.64. The van der Waals surface area contributed by atoms with E-state index in [4.69, 9.17) is 16.3 Å². The smallest absolute Gasteiger partial charge is 0.185 e. The van der Waals surface area contributed by atoms with Gasteiger partial charge in [-0.25, -0.2) is 0 Å². The van der Waals surface area contributed by atoms with Crippen LogP contribution in [0.2, 0.25) is 5.02 Å². The summed E-state index contributed by atoms with van der Waals surface area (Å²) < 4.78 is 5.32.